The lowest BCUT2D eigenvalue weighted by atomic mass is 10.1. The Kier molecular flexibility index (Phi) is 5.74. The summed E-state index contributed by atoms with van der Waals surface area (Å²) < 4.78 is 1.68. The van der Waals surface area contributed by atoms with E-state index in [2.05, 4.69) is 33.0 Å². The molecule has 1 aromatic carbocycles. The number of aromatic nitrogens is 4. The van der Waals surface area contributed by atoms with Crippen LogP contribution in [0.5, 0.6) is 0 Å². The Morgan fingerprint density at radius 3 is 2.86 bits per heavy atom. The highest BCUT2D eigenvalue weighted by Gasteiger charge is 2.17. The lowest BCUT2D eigenvalue weighted by Gasteiger charge is -2.11. The van der Waals surface area contributed by atoms with Crippen molar-refractivity contribution in [3.63, 3.8) is 0 Å². The van der Waals surface area contributed by atoms with Crippen LogP contribution in [0.4, 0.5) is 0 Å². The summed E-state index contributed by atoms with van der Waals surface area (Å²) in [6, 6.07) is 10.1. The van der Waals surface area contributed by atoms with Crippen molar-refractivity contribution in [3.05, 3.63) is 35.9 Å². The molecule has 6 nitrogen and oxygen atoms in total. The molecule has 7 heteroatoms. The Bertz CT molecular complexity index is 572. The third kappa shape index (κ3) is 4.56. The Morgan fingerprint density at radius 2 is 2.14 bits per heavy atom. The maximum absolute atomic E-state index is 12.0. The van der Waals surface area contributed by atoms with E-state index in [1.807, 2.05) is 32.0 Å². The number of nitrogens with one attached hydrogen (secondary N) is 1. The highest BCUT2D eigenvalue weighted by molar-refractivity contribution is 8.00. The summed E-state index contributed by atoms with van der Waals surface area (Å²) in [5.74, 6) is 0.00147. The number of carbonyl (C=O) groups excluding carboxylic acids is 1. The van der Waals surface area contributed by atoms with E-state index in [1.54, 1.807) is 4.68 Å². The molecule has 2 rings (SSSR count). The van der Waals surface area contributed by atoms with Gasteiger partial charge in [-0.15, -0.1) is 5.10 Å². The molecule has 0 aliphatic heterocycles. The maximum atomic E-state index is 12.0. The molecule has 0 saturated heterocycles. The van der Waals surface area contributed by atoms with E-state index in [0.29, 0.717) is 18.2 Å². The normalized spacial score (nSPS) is 12.1. The molecule has 0 radical (unpaired) electrons. The number of thioether (sulfide) groups is 1. The largest absolute Gasteiger partial charge is 0.355 e. The number of amides is 1. The van der Waals surface area contributed by atoms with Gasteiger partial charge in [-0.25, -0.2) is 4.68 Å². The second kappa shape index (κ2) is 7.78. The van der Waals surface area contributed by atoms with E-state index in [9.17, 15) is 4.79 Å². The fraction of sp³-hybridized carbons (Fsp3) is 0.429. The minimum Gasteiger partial charge on any atom is -0.355 e. The minimum atomic E-state index is -0.225. The van der Waals surface area contributed by atoms with Crippen LogP contribution < -0.4 is 5.32 Å². The van der Waals surface area contributed by atoms with Crippen LogP contribution in [0.3, 0.4) is 0 Å². The molecule has 1 N–H and O–H groups in total. The van der Waals surface area contributed by atoms with Crippen molar-refractivity contribution >= 4 is 17.7 Å². The molecule has 0 spiro atoms. The number of nitrogens with zero attached hydrogens (tertiary/aromatic N) is 4. The van der Waals surface area contributed by atoms with Gasteiger partial charge in [0.1, 0.15) is 0 Å². The number of hydrogen-bond donors (Lipinski definition) is 1. The van der Waals surface area contributed by atoms with Crippen LogP contribution in [0.25, 0.3) is 0 Å². The van der Waals surface area contributed by atoms with Gasteiger partial charge < -0.3 is 5.32 Å². The van der Waals surface area contributed by atoms with Crippen LogP contribution in [0, 0.1) is 0 Å². The molecule has 1 atom stereocenters. The Hall–Kier alpha value is -1.89. The molecular weight excluding hydrogens is 286 g/mol. The van der Waals surface area contributed by atoms with Crippen LogP contribution in [0.15, 0.2) is 35.5 Å². The van der Waals surface area contributed by atoms with Crippen molar-refractivity contribution in [3.8, 4) is 0 Å². The fourth-order valence-electron chi connectivity index (χ4n) is 1.81. The highest BCUT2D eigenvalue weighted by atomic mass is 32.2. The van der Waals surface area contributed by atoms with Crippen LogP contribution in [-0.2, 0) is 17.8 Å². The van der Waals surface area contributed by atoms with Gasteiger partial charge in [0.15, 0.2) is 0 Å². The molecule has 0 aliphatic carbocycles. The van der Waals surface area contributed by atoms with E-state index in [1.165, 1.54) is 17.3 Å². The highest BCUT2D eigenvalue weighted by Crippen LogP contribution is 2.19. The topological polar surface area (TPSA) is 72.7 Å². The van der Waals surface area contributed by atoms with E-state index in [4.69, 9.17) is 0 Å². The third-order valence-corrected chi connectivity index (χ3v) is 4.08. The van der Waals surface area contributed by atoms with Gasteiger partial charge >= 0.3 is 0 Å². The lowest BCUT2D eigenvalue weighted by molar-refractivity contribution is -0.120. The van der Waals surface area contributed by atoms with Crippen molar-refractivity contribution in [2.24, 2.45) is 0 Å². The Morgan fingerprint density at radius 1 is 1.38 bits per heavy atom. The molecule has 1 heterocycles. The monoisotopic (exact) mass is 305 g/mol. The molecule has 21 heavy (non-hydrogen) atoms. The molecule has 0 bridgehead atoms. The molecule has 0 aliphatic rings. The molecule has 0 fully saturated rings. The Balaban J connectivity index is 1.77. The fourth-order valence-corrected chi connectivity index (χ4v) is 2.69. The van der Waals surface area contributed by atoms with E-state index in [0.717, 1.165) is 6.42 Å². The molecule has 112 valence electrons. The summed E-state index contributed by atoms with van der Waals surface area (Å²) in [4.78, 5) is 12.0. The van der Waals surface area contributed by atoms with E-state index < -0.39 is 0 Å². The average Bonchev–Trinajstić information content (AvgIpc) is 2.95. The number of hydrogen-bond acceptors (Lipinski definition) is 5. The van der Waals surface area contributed by atoms with Crippen molar-refractivity contribution in [2.75, 3.05) is 6.54 Å². The molecule has 1 amide bonds. The summed E-state index contributed by atoms with van der Waals surface area (Å²) in [5.41, 5.74) is 1.22. The van der Waals surface area contributed by atoms with Crippen LogP contribution >= 0.6 is 11.8 Å². The first-order valence-corrected chi connectivity index (χ1v) is 7.83. The zero-order valence-electron chi connectivity index (χ0n) is 12.2. The molecule has 1 unspecified atom stereocenters. The number of carbonyl (C=O) groups is 1. The number of tetrazole rings is 1. The molecule has 1 aromatic heterocycles. The zero-order valence-corrected chi connectivity index (χ0v) is 13.0. The maximum Gasteiger partial charge on any atom is 0.233 e. The number of aryl methyl sites for hydroxylation is 1. The SMILES string of the molecule is CCn1nnnc1SC(C)C(=O)NCCc1ccccc1. The lowest BCUT2D eigenvalue weighted by Crippen LogP contribution is -2.32. The molecule has 2 aromatic rings. The van der Waals surface area contributed by atoms with Crippen molar-refractivity contribution in [1.29, 1.82) is 0 Å². The van der Waals surface area contributed by atoms with E-state index in [-0.39, 0.29) is 11.2 Å². The van der Waals surface area contributed by atoms with Gasteiger partial charge in [0.05, 0.1) is 5.25 Å². The zero-order chi connectivity index (χ0) is 15.1. The van der Waals surface area contributed by atoms with Crippen molar-refractivity contribution in [1.82, 2.24) is 25.5 Å². The number of benzene rings is 1. The van der Waals surface area contributed by atoms with Gasteiger partial charge in [0, 0.05) is 13.1 Å². The van der Waals surface area contributed by atoms with Gasteiger partial charge in [-0.2, -0.15) is 0 Å². The van der Waals surface area contributed by atoms with Crippen molar-refractivity contribution < 1.29 is 4.79 Å². The van der Waals surface area contributed by atoms with Gasteiger partial charge in [0.25, 0.3) is 0 Å². The summed E-state index contributed by atoms with van der Waals surface area (Å²) >= 11 is 1.37. The summed E-state index contributed by atoms with van der Waals surface area (Å²) in [6.45, 7) is 5.15. The quantitative estimate of drug-likeness (QED) is 0.785. The average molecular weight is 305 g/mol. The second-order valence-corrected chi connectivity index (χ2v) is 5.87. The molecule has 0 saturated carbocycles. The van der Waals surface area contributed by atoms with E-state index >= 15 is 0 Å². The first kappa shape index (κ1) is 15.5. The first-order valence-electron chi connectivity index (χ1n) is 6.95. The predicted molar refractivity (Wildman–Crippen MR) is 82.0 cm³/mol. The minimum absolute atomic E-state index is 0.00147. The summed E-state index contributed by atoms with van der Waals surface area (Å²) in [5, 5.41) is 14.8. The second-order valence-electron chi connectivity index (χ2n) is 4.56. The van der Waals surface area contributed by atoms with Gasteiger partial charge in [0.2, 0.25) is 11.1 Å². The van der Waals surface area contributed by atoms with Crippen molar-refractivity contribution in [2.45, 2.75) is 37.2 Å². The summed E-state index contributed by atoms with van der Waals surface area (Å²) in [7, 11) is 0. The van der Waals surface area contributed by atoms with Gasteiger partial charge in [-0.3, -0.25) is 4.79 Å². The van der Waals surface area contributed by atoms with Crippen LogP contribution in [0.1, 0.15) is 19.4 Å². The smallest absolute Gasteiger partial charge is 0.233 e. The third-order valence-electron chi connectivity index (χ3n) is 3.01. The predicted octanol–water partition coefficient (Wildman–Crippen LogP) is 1.53. The number of rotatable bonds is 7. The summed E-state index contributed by atoms with van der Waals surface area (Å²) in [6.07, 6.45) is 0.830. The standard InChI is InChI=1S/C14H19N5OS/c1-3-19-14(16-17-18-19)21-11(2)13(20)15-10-9-12-7-5-4-6-8-12/h4-8,11H,3,9-10H2,1-2H3,(H,15,20). The van der Waals surface area contributed by atoms with Crippen LogP contribution in [0.2, 0.25) is 0 Å². The Labute approximate surface area is 128 Å². The van der Waals surface area contributed by atoms with Gasteiger partial charge in [-0.1, -0.05) is 42.1 Å². The van der Waals surface area contributed by atoms with Gasteiger partial charge in [-0.05, 0) is 36.3 Å². The van der Waals surface area contributed by atoms with Crippen LogP contribution in [-0.4, -0.2) is 37.9 Å². The molecular formula is C14H19N5OS. The first-order chi connectivity index (χ1) is 10.2.